The average molecular weight is 326 g/mol. The number of thiocarbonyl (C=S) groups is 1. The quantitative estimate of drug-likeness (QED) is 0.857. The lowest BCUT2D eigenvalue weighted by atomic mass is 10.1. The van der Waals surface area contributed by atoms with Gasteiger partial charge in [-0.3, -0.25) is 4.98 Å². The summed E-state index contributed by atoms with van der Waals surface area (Å²) in [5.74, 6) is 0. The summed E-state index contributed by atoms with van der Waals surface area (Å²) >= 11 is 5.57. The van der Waals surface area contributed by atoms with E-state index in [1.807, 2.05) is 12.4 Å². The summed E-state index contributed by atoms with van der Waals surface area (Å²) in [6.45, 7) is 8.04. The van der Waals surface area contributed by atoms with Gasteiger partial charge in [-0.05, 0) is 61.5 Å². The van der Waals surface area contributed by atoms with Gasteiger partial charge in [0.1, 0.15) is 0 Å². The highest BCUT2D eigenvalue weighted by Crippen LogP contribution is 2.17. The molecular formula is C18H22N4S. The van der Waals surface area contributed by atoms with Gasteiger partial charge in [0.2, 0.25) is 0 Å². The molecule has 1 aromatic carbocycles. The lowest BCUT2D eigenvalue weighted by Gasteiger charge is -2.37. The second-order valence-corrected chi connectivity index (χ2v) is 6.30. The van der Waals surface area contributed by atoms with Gasteiger partial charge in [0, 0.05) is 49.9 Å². The molecule has 1 aliphatic heterocycles. The van der Waals surface area contributed by atoms with Crippen molar-refractivity contribution in [2.75, 3.05) is 36.4 Å². The van der Waals surface area contributed by atoms with Gasteiger partial charge >= 0.3 is 0 Å². The number of hydrogen-bond acceptors (Lipinski definition) is 3. The van der Waals surface area contributed by atoms with E-state index in [9.17, 15) is 0 Å². The van der Waals surface area contributed by atoms with Crippen LogP contribution in [0.2, 0.25) is 0 Å². The number of pyridine rings is 1. The van der Waals surface area contributed by atoms with Crippen LogP contribution in [0, 0.1) is 13.8 Å². The SMILES string of the molecule is Cc1ccc(NC(=S)N2CCN(c3ccncc3)CC2)cc1C. The van der Waals surface area contributed by atoms with Crippen molar-refractivity contribution in [1.82, 2.24) is 9.88 Å². The Kier molecular flexibility index (Phi) is 4.76. The molecule has 0 amide bonds. The molecule has 1 N–H and O–H groups in total. The van der Waals surface area contributed by atoms with E-state index < -0.39 is 0 Å². The Hall–Kier alpha value is -2.14. The molecule has 3 rings (SSSR count). The Morgan fingerprint density at radius 2 is 1.70 bits per heavy atom. The zero-order valence-corrected chi connectivity index (χ0v) is 14.4. The molecule has 0 bridgehead atoms. The molecule has 4 nitrogen and oxygen atoms in total. The van der Waals surface area contributed by atoms with Crippen LogP contribution in [0.15, 0.2) is 42.7 Å². The maximum atomic E-state index is 5.57. The summed E-state index contributed by atoms with van der Waals surface area (Å²) in [6, 6.07) is 10.5. The van der Waals surface area contributed by atoms with Crippen LogP contribution < -0.4 is 10.2 Å². The van der Waals surface area contributed by atoms with Crippen molar-refractivity contribution in [2.24, 2.45) is 0 Å². The molecule has 1 fully saturated rings. The number of piperazine rings is 1. The fourth-order valence-electron chi connectivity index (χ4n) is 2.74. The molecule has 23 heavy (non-hydrogen) atoms. The molecule has 0 aliphatic carbocycles. The van der Waals surface area contributed by atoms with Crippen LogP contribution in [0.4, 0.5) is 11.4 Å². The van der Waals surface area contributed by atoms with Crippen molar-refractivity contribution in [3.63, 3.8) is 0 Å². The first-order chi connectivity index (χ1) is 11.1. The predicted molar refractivity (Wildman–Crippen MR) is 100 cm³/mol. The highest BCUT2D eigenvalue weighted by molar-refractivity contribution is 7.80. The Labute approximate surface area is 143 Å². The highest BCUT2D eigenvalue weighted by atomic mass is 32.1. The molecular weight excluding hydrogens is 304 g/mol. The summed E-state index contributed by atoms with van der Waals surface area (Å²) in [7, 11) is 0. The molecule has 0 unspecified atom stereocenters. The van der Waals surface area contributed by atoms with Crippen molar-refractivity contribution in [3.8, 4) is 0 Å². The van der Waals surface area contributed by atoms with Gasteiger partial charge in [-0.25, -0.2) is 0 Å². The summed E-state index contributed by atoms with van der Waals surface area (Å²) in [5, 5.41) is 4.17. The molecule has 120 valence electrons. The minimum Gasteiger partial charge on any atom is -0.368 e. The van der Waals surface area contributed by atoms with Crippen molar-refractivity contribution in [3.05, 3.63) is 53.9 Å². The number of aryl methyl sites for hydroxylation is 2. The van der Waals surface area contributed by atoms with Crippen LogP contribution in [0.1, 0.15) is 11.1 Å². The largest absolute Gasteiger partial charge is 0.368 e. The molecule has 1 aliphatic rings. The summed E-state index contributed by atoms with van der Waals surface area (Å²) < 4.78 is 0. The molecule has 0 spiro atoms. The monoisotopic (exact) mass is 326 g/mol. The van der Waals surface area contributed by atoms with E-state index >= 15 is 0 Å². The molecule has 0 saturated carbocycles. The van der Waals surface area contributed by atoms with Gasteiger partial charge in [0.25, 0.3) is 0 Å². The van der Waals surface area contributed by atoms with Crippen LogP contribution in [-0.2, 0) is 0 Å². The van der Waals surface area contributed by atoms with Gasteiger partial charge < -0.3 is 15.1 Å². The van der Waals surface area contributed by atoms with Crippen LogP contribution >= 0.6 is 12.2 Å². The molecule has 1 saturated heterocycles. The Bertz CT molecular complexity index is 679. The maximum absolute atomic E-state index is 5.57. The third-order valence-electron chi connectivity index (χ3n) is 4.35. The fourth-order valence-corrected chi connectivity index (χ4v) is 3.04. The predicted octanol–water partition coefficient (Wildman–Crippen LogP) is 3.22. The molecule has 2 heterocycles. The van der Waals surface area contributed by atoms with E-state index in [1.165, 1.54) is 16.8 Å². The Morgan fingerprint density at radius 3 is 2.35 bits per heavy atom. The third kappa shape index (κ3) is 3.79. The zero-order valence-electron chi connectivity index (χ0n) is 13.6. The first-order valence-electron chi connectivity index (χ1n) is 7.91. The van der Waals surface area contributed by atoms with Crippen molar-refractivity contribution in [2.45, 2.75) is 13.8 Å². The first kappa shape index (κ1) is 15.7. The van der Waals surface area contributed by atoms with Gasteiger partial charge in [-0.2, -0.15) is 0 Å². The van der Waals surface area contributed by atoms with E-state index in [4.69, 9.17) is 12.2 Å². The second kappa shape index (κ2) is 6.96. The van der Waals surface area contributed by atoms with E-state index in [0.717, 1.165) is 37.0 Å². The summed E-state index contributed by atoms with van der Waals surface area (Å²) in [6.07, 6.45) is 3.68. The van der Waals surface area contributed by atoms with Gasteiger partial charge in [0.15, 0.2) is 5.11 Å². The molecule has 1 aromatic heterocycles. The topological polar surface area (TPSA) is 31.4 Å². The third-order valence-corrected chi connectivity index (χ3v) is 4.71. The van der Waals surface area contributed by atoms with Crippen LogP contribution in [0.25, 0.3) is 0 Å². The normalized spacial score (nSPS) is 14.7. The molecule has 0 radical (unpaired) electrons. The number of nitrogens with zero attached hydrogens (tertiary/aromatic N) is 3. The van der Waals surface area contributed by atoms with Crippen LogP contribution in [-0.4, -0.2) is 41.2 Å². The fraction of sp³-hybridized carbons (Fsp3) is 0.333. The maximum Gasteiger partial charge on any atom is 0.173 e. The number of nitrogens with one attached hydrogen (secondary N) is 1. The van der Waals surface area contributed by atoms with Crippen LogP contribution in [0.5, 0.6) is 0 Å². The lowest BCUT2D eigenvalue weighted by molar-refractivity contribution is 0.391. The second-order valence-electron chi connectivity index (χ2n) is 5.91. The zero-order chi connectivity index (χ0) is 16.2. The van der Waals surface area contributed by atoms with Gasteiger partial charge in [-0.15, -0.1) is 0 Å². The van der Waals surface area contributed by atoms with Crippen molar-refractivity contribution < 1.29 is 0 Å². The number of benzene rings is 1. The Morgan fingerprint density at radius 1 is 1.00 bits per heavy atom. The minimum absolute atomic E-state index is 0.808. The number of hydrogen-bond donors (Lipinski definition) is 1. The molecule has 0 atom stereocenters. The van der Waals surface area contributed by atoms with Gasteiger partial charge in [-0.1, -0.05) is 6.07 Å². The number of anilines is 2. The summed E-state index contributed by atoms with van der Waals surface area (Å²) in [5.41, 5.74) is 4.87. The Balaban J connectivity index is 1.57. The standard InChI is InChI=1S/C18H22N4S/c1-14-3-4-16(13-15(14)2)20-18(23)22-11-9-21(10-12-22)17-5-7-19-8-6-17/h3-8,13H,9-12H2,1-2H3,(H,20,23). The number of rotatable bonds is 2. The van der Waals surface area contributed by atoms with Crippen molar-refractivity contribution >= 4 is 28.7 Å². The smallest absolute Gasteiger partial charge is 0.173 e. The van der Waals surface area contributed by atoms with Crippen molar-refractivity contribution in [1.29, 1.82) is 0 Å². The van der Waals surface area contributed by atoms with E-state index in [-0.39, 0.29) is 0 Å². The van der Waals surface area contributed by atoms with E-state index in [2.05, 4.69) is 64.3 Å². The van der Waals surface area contributed by atoms with E-state index in [1.54, 1.807) is 0 Å². The molecule has 5 heteroatoms. The lowest BCUT2D eigenvalue weighted by Crippen LogP contribution is -2.50. The highest BCUT2D eigenvalue weighted by Gasteiger charge is 2.19. The van der Waals surface area contributed by atoms with Gasteiger partial charge in [0.05, 0.1) is 0 Å². The van der Waals surface area contributed by atoms with E-state index in [0.29, 0.717) is 0 Å². The first-order valence-corrected chi connectivity index (χ1v) is 8.32. The minimum atomic E-state index is 0.808. The number of aromatic nitrogens is 1. The summed E-state index contributed by atoms with van der Waals surface area (Å²) in [4.78, 5) is 8.69. The average Bonchev–Trinajstić information content (AvgIpc) is 2.59. The van der Waals surface area contributed by atoms with Crippen LogP contribution in [0.3, 0.4) is 0 Å². The molecule has 2 aromatic rings.